The molecule has 5 heteroatoms. The number of aliphatic imine (C=N–C) groups is 1. The molecule has 1 aliphatic carbocycles. The van der Waals surface area contributed by atoms with Gasteiger partial charge in [0.1, 0.15) is 0 Å². The molecule has 1 atom stereocenters. The standard InChI is InChI=1S/C18H30N4.HI/c1-4-19-18(20-13-16-10-11-16)21-14-17(22(2)3)12-15-8-6-5-7-9-15;/h5-9,16-17H,4,10-14H2,1-3H3,(H2,19,20,21);1H. The van der Waals surface area contributed by atoms with Crippen molar-refractivity contribution in [1.82, 2.24) is 15.5 Å². The number of likely N-dealkylation sites (N-methyl/N-ethyl adjacent to an activating group) is 1. The molecule has 0 radical (unpaired) electrons. The summed E-state index contributed by atoms with van der Waals surface area (Å²) in [5.41, 5.74) is 1.37. The predicted molar refractivity (Wildman–Crippen MR) is 110 cm³/mol. The molecule has 0 aromatic heterocycles. The maximum absolute atomic E-state index is 4.78. The number of nitrogens with one attached hydrogen (secondary N) is 2. The maximum Gasteiger partial charge on any atom is 0.191 e. The van der Waals surface area contributed by atoms with Crippen LogP contribution in [-0.4, -0.2) is 50.6 Å². The number of hydrogen-bond donors (Lipinski definition) is 2. The van der Waals surface area contributed by atoms with Gasteiger partial charge >= 0.3 is 0 Å². The van der Waals surface area contributed by atoms with Crippen LogP contribution in [0, 0.1) is 5.92 Å². The third kappa shape index (κ3) is 8.01. The zero-order valence-corrected chi connectivity index (χ0v) is 16.9. The summed E-state index contributed by atoms with van der Waals surface area (Å²) in [6.07, 6.45) is 3.75. The van der Waals surface area contributed by atoms with Gasteiger partial charge in [-0.15, -0.1) is 24.0 Å². The normalized spacial score (nSPS) is 15.9. The second kappa shape index (κ2) is 10.9. The van der Waals surface area contributed by atoms with E-state index in [9.17, 15) is 0 Å². The highest BCUT2D eigenvalue weighted by Gasteiger charge is 2.21. The molecule has 1 aromatic carbocycles. The third-order valence-electron chi connectivity index (χ3n) is 4.10. The highest BCUT2D eigenvalue weighted by molar-refractivity contribution is 14.0. The van der Waals surface area contributed by atoms with Crippen molar-refractivity contribution in [3.8, 4) is 0 Å². The third-order valence-corrected chi connectivity index (χ3v) is 4.10. The van der Waals surface area contributed by atoms with Crippen LogP contribution in [0.15, 0.2) is 35.3 Å². The summed E-state index contributed by atoms with van der Waals surface area (Å²) in [4.78, 5) is 7.05. The minimum absolute atomic E-state index is 0. The fraction of sp³-hybridized carbons (Fsp3) is 0.611. The van der Waals surface area contributed by atoms with Gasteiger partial charge in [0.05, 0.1) is 6.54 Å². The van der Waals surface area contributed by atoms with Gasteiger partial charge < -0.3 is 15.5 Å². The number of nitrogens with zero attached hydrogens (tertiary/aromatic N) is 2. The van der Waals surface area contributed by atoms with Crippen molar-refractivity contribution in [3.63, 3.8) is 0 Å². The molecular formula is C18H31IN4. The van der Waals surface area contributed by atoms with E-state index in [1.165, 1.54) is 18.4 Å². The van der Waals surface area contributed by atoms with Gasteiger partial charge in [0.2, 0.25) is 0 Å². The molecule has 4 nitrogen and oxygen atoms in total. The van der Waals surface area contributed by atoms with Gasteiger partial charge in [-0.05, 0) is 51.8 Å². The van der Waals surface area contributed by atoms with E-state index in [0.29, 0.717) is 6.04 Å². The number of guanidine groups is 1. The van der Waals surface area contributed by atoms with Crippen molar-refractivity contribution in [1.29, 1.82) is 0 Å². The zero-order chi connectivity index (χ0) is 15.8. The van der Waals surface area contributed by atoms with Crippen molar-refractivity contribution >= 4 is 29.9 Å². The topological polar surface area (TPSA) is 39.7 Å². The molecule has 1 fully saturated rings. The smallest absolute Gasteiger partial charge is 0.191 e. The van der Waals surface area contributed by atoms with Crippen LogP contribution in [0.1, 0.15) is 25.3 Å². The van der Waals surface area contributed by atoms with Gasteiger partial charge in [0.15, 0.2) is 5.96 Å². The summed E-state index contributed by atoms with van der Waals surface area (Å²) in [7, 11) is 4.27. The summed E-state index contributed by atoms with van der Waals surface area (Å²) in [5, 5.41) is 6.81. The van der Waals surface area contributed by atoms with Crippen LogP contribution >= 0.6 is 24.0 Å². The molecule has 2 rings (SSSR count). The quantitative estimate of drug-likeness (QED) is 0.379. The van der Waals surface area contributed by atoms with E-state index < -0.39 is 0 Å². The summed E-state index contributed by atoms with van der Waals surface area (Å²) >= 11 is 0. The van der Waals surface area contributed by atoms with Crippen molar-refractivity contribution in [2.45, 2.75) is 32.2 Å². The predicted octanol–water partition coefficient (Wildman–Crippen LogP) is 2.74. The Morgan fingerprint density at radius 2 is 1.91 bits per heavy atom. The molecule has 130 valence electrons. The van der Waals surface area contributed by atoms with Gasteiger partial charge in [-0.3, -0.25) is 4.99 Å². The molecule has 23 heavy (non-hydrogen) atoms. The van der Waals surface area contributed by atoms with Gasteiger partial charge in [-0.25, -0.2) is 0 Å². The first-order chi connectivity index (χ1) is 10.7. The van der Waals surface area contributed by atoms with Gasteiger partial charge in [-0.2, -0.15) is 0 Å². The van der Waals surface area contributed by atoms with E-state index in [2.05, 4.69) is 66.9 Å². The molecule has 0 bridgehead atoms. The highest BCUT2D eigenvalue weighted by Crippen LogP contribution is 2.27. The molecule has 0 saturated heterocycles. The average Bonchev–Trinajstić information content (AvgIpc) is 3.33. The number of rotatable bonds is 8. The largest absolute Gasteiger partial charge is 0.357 e. The van der Waals surface area contributed by atoms with E-state index in [1.807, 2.05) is 0 Å². The van der Waals surface area contributed by atoms with E-state index in [-0.39, 0.29) is 24.0 Å². The van der Waals surface area contributed by atoms with Crippen LogP contribution in [0.25, 0.3) is 0 Å². The van der Waals surface area contributed by atoms with Crippen LogP contribution in [0.2, 0.25) is 0 Å². The molecule has 0 aliphatic heterocycles. The van der Waals surface area contributed by atoms with Gasteiger partial charge in [-0.1, -0.05) is 30.3 Å². The molecule has 0 amide bonds. The number of halogens is 1. The fourth-order valence-electron chi connectivity index (χ4n) is 2.40. The lowest BCUT2D eigenvalue weighted by Gasteiger charge is -2.23. The lowest BCUT2D eigenvalue weighted by molar-refractivity contribution is 0.298. The van der Waals surface area contributed by atoms with E-state index >= 15 is 0 Å². The van der Waals surface area contributed by atoms with Crippen LogP contribution in [0.4, 0.5) is 0 Å². The molecule has 1 unspecified atom stereocenters. The van der Waals surface area contributed by atoms with Crippen molar-refractivity contribution in [3.05, 3.63) is 35.9 Å². The Morgan fingerprint density at radius 3 is 2.48 bits per heavy atom. The summed E-state index contributed by atoms with van der Waals surface area (Å²) in [6, 6.07) is 11.1. The van der Waals surface area contributed by atoms with Gasteiger partial charge in [0, 0.05) is 19.1 Å². The minimum atomic E-state index is 0. The highest BCUT2D eigenvalue weighted by atomic mass is 127. The average molecular weight is 430 g/mol. The Bertz CT molecular complexity index is 457. The molecular weight excluding hydrogens is 399 g/mol. The van der Waals surface area contributed by atoms with Crippen LogP contribution < -0.4 is 10.6 Å². The Morgan fingerprint density at radius 1 is 1.22 bits per heavy atom. The first kappa shape index (κ1) is 20.2. The van der Waals surface area contributed by atoms with Crippen molar-refractivity contribution in [2.75, 3.05) is 33.7 Å². The summed E-state index contributed by atoms with van der Waals surface area (Å²) < 4.78 is 0. The molecule has 0 heterocycles. The molecule has 1 aromatic rings. The second-order valence-electron chi connectivity index (χ2n) is 6.35. The Kier molecular flexibility index (Phi) is 9.55. The molecule has 1 saturated carbocycles. The summed E-state index contributed by atoms with van der Waals surface area (Å²) in [5.74, 6) is 1.81. The summed E-state index contributed by atoms with van der Waals surface area (Å²) in [6.45, 7) is 4.88. The van der Waals surface area contributed by atoms with E-state index in [0.717, 1.165) is 37.9 Å². The van der Waals surface area contributed by atoms with E-state index in [4.69, 9.17) is 4.99 Å². The number of benzene rings is 1. The molecule has 1 aliphatic rings. The molecule has 2 N–H and O–H groups in total. The SMILES string of the molecule is CCNC(=NCC(Cc1ccccc1)N(C)C)NCC1CC1.I. The number of hydrogen-bond acceptors (Lipinski definition) is 2. The Balaban J connectivity index is 0.00000264. The molecule has 0 spiro atoms. The van der Waals surface area contributed by atoms with Crippen molar-refractivity contribution < 1.29 is 0 Å². The van der Waals surface area contributed by atoms with Crippen LogP contribution in [-0.2, 0) is 6.42 Å². The monoisotopic (exact) mass is 430 g/mol. The van der Waals surface area contributed by atoms with Gasteiger partial charge in [0.25, 0.3) is 0 Å². The first-order valence-electron chi connectivity index (χ1n) is 8.41. The Hall–Kier alpha value is -0.820. The first-order valence-corrected chi connectivity index (χ1v) is 8.41. The zero-order valence-electron chi connectivity index (χ0n) is 14.6. The van der Waals surface area contributed by atoms with Crippen LogP contribution in [0.3, 0.4) is 0 Å². The minimum Gasteiger partial charge on any atom is -0.357 e. The van der Waals surface area contributed by atoms with E-state index in [1.54, 1.807) is 0 Å². The fourth-order valence-corrected chi connectivity index (χ4v) is 2.40. The lowest BCUT2D eigenvalue weighted by Crippen LogP contribution is -2.40. The lowest BCUT2D eigenvalue weighted by atomic mass is 10.1. The maximum atomic E-state index is 4.78. The van der Waals surface area contributed by atoms with Crippen molar-refractivity contribution in [2.24, 2.45) is 10.9 Å². The Labute approximate surface area is 158 Å². The van der Waals surface area contributed by atoms with Crippen LogP contribution in [0.5, 0.6) is 0 Å². The second-order valence-corrected chi connectivity index (χ2v) is 6.35.